The van der Waals surface area contributed by atoms with Crippen LogP contribution in [0, 0.1) is 16.0 Å². The Hall–Kier alpha value is -3.01. The zero-order valence-corrected chi connectivity index (χ0v) is 20.3. The molecule has 2 aromatic rings. The number of non-ortho nitro benzene ring substituents is 1. The minimum Gasteiger partial charge on any atom is -0.444 e. The molecule has 2 N–H and O–H groups in total. The summed E-state index contributed by atoms with van der Waals surface area (Å²) in [6.45, 7) is 6.70. The molecule has 0 aliphatic carbocycles. The van der Waals surface area contributed by atoms with E-state index in [1.807, 2.05) is 30.3 Å². The topological polar surface area (TPSA) is 114 Å². The van der Waals surface area contributed by atoms with E-state index in [-0.39, 0.29) is 11.8 Å². The lowest BCUT2D eigenvalue weighted by Gasteiger charge is -2.31. The molecule has 1 aliphatic heterocycles. The Morgan fingerprint density at radius 1 is 1.17 bits per heavy atom. The highest BCUT2D eigenvalue weighted by atomic mass is 16.6. The lowest BCUT2D eigenvalue weighted by atomic mass is 10.0. The average molecular weight is 486 g/mol. The van der Waals surface area contributed by atoms with Crippen molar-refractivity contribution in [1.29, 1.82) is 0 Å². The van der Waals surface area contributed by atoms with E-state index in [1.54, 1.807) is 12.1 Å². The Kier molecular flexibility index (Phi) is 10.0. The third-order valence-corrected chi connectivity index (χ3v) is 5.85. The summed E-state index contributed by atoms with van der Waals surface area (Å²) < 4.78 is 10.7. The fourth-order valence-electron chi connectivity index (χ4n) is 4.19. The zero-order valence-electron chi connectivity index (χ0n) is 20.3. The van der Waals surface area contributed by atoms with Gasteiger partial charge in [-0.05, 0) is 23.5 Å². The van der Waals surface area contributed by atoms with Crippen molar-refractivity contribution in [1.82, 2.24) is 10.2 Å². The highest BCUT2D eigenvalue weighted by molar-refractivity contribution is 5.68. The molecule has 0 spiro atoms. The lowest BCUT2D eigenvalue weighted by Crippen LogP contribution is -2.50. The third kappa shape index (κ3) is 8.93. The van der Waals surface area contributed by atoms with E-state index >= 15 is 0 Å². The quantitative estimate of drug-likeness (QED) is 0.349. The maximum atomic E-state index is 12.6. The molecular weight excluding hydrogens is 450 g/mol. The van der Waals surface area contributed by atoms with Crippen LogP contribution < -0.4 is 5.32 Å². The number of nitrogens with zero attached hydrogens (tertiary/aromatic N) is 2. The van der Waals surface area contributed by atoms with Crippen molar-refractivity contribution >= 4 is 11.8 Å². The van der Waals surface area contributed by atoms with Crippen molar-refractivity contribution in [3.8, 4) is 0 Å². The molecule has 3 atom stereocenters. The third-order valence-electron chi connectivity index (χ3n) is 5.85. The number of aliphatic hydroxyl groups is 1. The minimum atomic E-state index is -0.862. The standard InChI is InChI=1S/C26H35N3O6/c1-19(2)15-28(16-21-8-10-22(11-9-21)29(32)33)17-25(30)24(14-20-6-4-3-5-7-20)27-26(31)35-23-12-13-34-18-23/h3-11,19,23-25,30H,12-18H2,1-2H3,(H,27,31)/t23-,24-,25+/m0/s1. The van der Waals surface area contributed by atoms with Crippen molar-refractivity contribution in [2.45, 2.75) is 51.5 Å². The van der Waals surface area contributed by atoms with Gasteiger partial charge in [-0.1, -0.05) is 56.3 Å². The highest BCUT2D eigenvalue weighted by Gasteiger charge is 2.27. The number of amides is 1. The van der Waals surface area contributed by atoms with Crippen LogP contribution in [0.2, 0.25) is 0 Å². The summed E-state index contributed by atoms with van der Waals surface area (Å²) in [4.78, 5) is 25.2. The van der Waals surface area contributed by atoms with E-state index in [1.165, 1.54) is 12.1 Å². The van der Waals surface area contributed by atoms with E-state index < -0.39 is 23.2 Å². The van der Waals surface area contributed by atoms with Crippen LogP contribution in [0.5, 0.6) is 0 Å². The molecule has 2 aromatic carbocycles. The summed E-state index contributed by atoms with van der Waals surface area (Å²) in [5.41, 5.74) is 1.95. The zero-order chi connectivity index (χ0) is 25.2. The van der Waals surface area contributed by atoms with Gasteiger partial charge >= 0.3 is 6.09 Å². The van der Waals surface area contributed by atoms with Gasteiger partial charge < -0.3 is 19.9 Å². The number of aliphatic hydroxyl groups excluding tert-OH is 1. The number of carbonyl (C=O) groups is 1. The number of hydrogen-bond acceptors (Lipinski definition) is 7. The molecular formula is C26H35N3O6. The fourth-order valence-corrected chi connectivity index (χ4v) is 4.19. The van der Waals surface area contributed by atoms with E-state index in [0.717, 1.165) is 17.7 Å². The molecule has 1 saturated heterocycles. The van der Waals surface area contributed by atoms with Gasteiger partial charge in [-0.2, -0.15) is 0 Å². The van der Waals surface area contributed by atoms with Gasteiger partial charge in [-0.15, -0.1) is 0 Å². The van der Waals surface area contributed by atoms with Gasteiger partial charge in [0.2, 0.25) is 0 Å². The maximum absolute atomic E-state index is 12.6. The van der Waals surface area contributed by atoms with E-state index in [0.29, 0.717) is 45.1 Å². The van der Waals surface area contributed by atoms with Gasteiger partial charge in [-0.25, -0.2) is 4.79 Å². The molecule has 0 radical (unpaired) electrons. The molecule has 1 aliphatic rings. The summed E-state index contributed by atoms with van der Waals surface area (Å²) in [7, 11) is 0. The first kappa shape index (κ1) is 26.6. The molecule has 1 amide bonds. The summed E-state index contributed by atoms with van der Waals surface area (Å²) in [6.07, 6.45) is -0.586. The highest BCUT2D eigenvalue weighted by Crippen LogP contribution is 2.16. The second-order valence-corrected chi connectivity index (χ2v) is 9.41. The Morgan fingerprint density at radius 3 is 2.49 bits per heavy atom. The SMILES string of the molecule is CC(C)CN(Cc1ccc([N+](=O)[O-])cc1)C[C@@H](O)[C@H](Cc1ccccc1)NC(=O)O[C@H]1CCOC1. The van der Waals surface area contributed by atoms with Crippen LogP contribution in [0.3, 0.4) is 0 Å². The predicted octanol–water partition coefficient (Wildman–Crippen LogP) is 3.54. The fraction of sp³-hybridized carbons (Fsp3) is 0.500. The normalized spacial score (nSPS) is 17.3. The number of carbonyl (C=O) groups excluding carboxylic acids is 1. The van der Waals surface area contributed by atoms with Crippen molar-refractivity contribution in [3.05, 3.63) is 75.8 Å². The number of hydrogen-bond donors (Lipinski definition) is 2. The van der Waals surface area contributed by atoms with Crippen molar-refractivity contribution in [3.63, 3.8) is 0 Å². The number of nitro groups is 1. The minimum absolute atomic E-state index is 0.0440. The number of nitrogens with one attached hydrogen (secondary N) is 1. The summed E-state index contributed by atoms with van der Waals surface area (Å²) in [5.74, 6) is 0.341. The van der Waals surface area contributed by atoms with E-state index in [4.69, 9.17) is 9.47 Å². The first-order valence-electron chi connectivity index (χ1n) is 12.0. The molecule has 0 bridgehead atoms. The van der Waals surface area contributed by atoms with Gasteiger partial charge in [0.25, 0.3) is 5.69 Å². The van der Waals surface area contributed by atoms with Crippen molar-refractivity contribution < 1.29 is 24.3 Å². The van der Waals surface area contributed by atoms with Gasteiger partial charge in [0.1, 0.15) is 6.10 Å². The van der Waals surface area contributed by atoms with E-state index in [9.17, 15) is 20.0 Å². The van der Waals surface area contributed by atoms with Crippen LogP contribution >= 0.6 is 0 Å². The molecule has 0 saturated carbocycles. The van der Waals surface area contributed by atoms with Crippen LogP contribution in [0.25, 0.3) is 0 Å². The number of ether oxygens (including phenoxy) is 2. The number of nitro benzene ring substituents is 1. The first-order valence-corrected chi connectivity index (χ1v) is 12.0. The molecule has 190 valence electrons. The monoisotopic (exact) mass is 485 g/mol. The molecule has 35 heavy (non-hydrogen) atoms. The van der Waals surface area contributed by atoms with Crippen LogP contribution in [0.15, 0.2) is 54.6 Å². The molecule has 0 aromatic heterocycles. The maximum Gasteiger partial charge on any atom is 0.407 e. The van der Waals surface area contributed by atoms with Crippen LogP contribution in [0.4, 0.5) is 10.5 Å². The molecule has 1 heterocycles. The molecule has 9 nitrogen and oxygen atoms in total. The summed E-state index contributed by atoms with van der Waals surface area (Å²) >= 11 is 0. The molecule has 1 fully saturated rings. The summed E-state index contributed by atoms with van der Waals surface area (Å²) in [5, 5.41) is 25.1. The van der Waals surface area contributed by atoms with Crippen molar-refractivity contribution in [2.24, 2.45) is 5.92 Å². The Bertz CT molecular complexity index is 932. The van der Waals surface area contributed by atoms with Gasteiger partial charge in [-0.3, -0.25) is 15.0 Å². The predicted molar refractivity (Wildman–Crippen MR) is 132 cm³/mol. The second kappa shape index (κ2) is 13.2. The van der Waals surface area contributed by atoms with Crippen molar-refractivity contribution in [2.75, 3.05) is 26.3 Å². The van der Waals surface area contributed by atoms with E-state index in [2.05, 4.69) is 24.1 Å². The first-order chi connectivity index (χ1) is 16.8. The average Bonchev–Trinajstić information content (AvgIpc) is 3.32. The smallest absolute Gasteiger partial charge is 0.407 e. The lowest BCUT2D eigenvalue weighted by molar-refractivity contribution is -0.384. The largest absolute Gasteiger partial charge is 0.444 e. The Labute approximate surface area is 206 Å². The molecule has 9 heteroatoms. The van der Waals surface area contributed by atoms with Gasteiger partial charge in [0, 0.05) is 38.2 Å². The number of rotatable bonds is 12. The summed E-state index contributed by atoms with van der Waals surface area (Å²) in [6, 6.07) is 15.6. The number of alkyl carbamates (subject to hydrolysis) is 1. The molecule has 0 unspecified atom stereocenters. The second-order valence-electron chi connectivity index (χ2n) is 9.41. The van der Waals surface area contributed by atoms with Crippen LogP contribution in [-0.4, -0.2) is 65.6 Å². The van der Waals surface area contributed by atoms with Gasteiger partial charge in [0.05, 0.1) is 30.3 Å². The number of benzene rings is 2. The van der Waals surface area contributed by atoms with Gasteiger partial charge in [0.15, 0.2) is 0 Å². The van der Waals surface area contributed by atoms with Crippen LogP contribution in [-0.2, 0) is 22.4 Å². The Balaban J connectivity index is 1.69. The Morgan fingerprint density at radius 2 is 1.89 bits per heavy atom. The van der Waals surface area contributed by atoms with Crippen LogP contribution in [0.1, 0.15) is 31.4 Å². The molecule has 3 rings (SSSR count).